The molecular weight excluding hydrogens is 480 g/mol. The van der Waals surface area contributed by atoms with Gasteiger partial charge in [-0.2, -0.15) is 0 Å². The number of nitrogens with zero attached hydrogens (tertiary/aromatic N) is 2. The number of nitrogens with two attached hydrogens (primary N) is 1. The molecule has 0 atom stereocenters. The van der Waals surface area contributed by atoms with E-state index >= 15 is 0 Å². The van der Waals surface area contributed by atoms with Crippen molar-refractivity contribution in [2.24, 2.45) is 16.1 Å². The number of aliphatic imine (C=N–C) groups is 1. The molecule has 0 aliphatic carbocycles. The second-order valence-corrected chi connectivity index (χ2v) is 9.62. The number of hydrogen-bond acceptors (Lipinski definition) is 6. The molecule has 0 unspecified atom stereocenters. The zero-order chi connectivity index (χ0) is 27.4. The number of aromatic nitrogens is 1. The molecule has 0 fully saturated rings. The predicted molar refractivity (Wildman–Crippen MR) is 150 cm³/mol. The number of aromatic amines is 1. The lowest BCUT2D eigenvalue weighted by Crippen LogP contribution is -2.42. The molecule has 1 aromatic heterocycles. The highest BCUT2D eigenvalue weighted by Gasteiger charge is 2.29. The molecule has 4 rings (SSSR count). The monoisotopic (exact) mass is 512 g/mol. The first-order valence-corrected chi connectivity index (χ1v) is 12.4. The number of fused-ring (bicyclic) bond motifs is 1. The third-order valence-electron chi connectivity index (χ3n) is 6.44. The Bertz CT molecular complexity index is 1490. The van der Waals surface area contributed by atoms with Crippen LogP contribution in [0, 0.1) is 5.41 Å². The molecule has 0 aliphatic heterocycles. The lowest BCUT2D eigenvalue weighted by molar-refractivity contribution is -0.125. The fraction of sp³-hybridized carbons (Fsp3) is 0.233. The van der Waals surface area contributed by atoms with Crippen LogP contribution in [0.15, 0.2) is 77.8 Å². The molecule has 3 aromatic carbocycles. The largest absolute Gasteiger partial charge is 0.505 e. The van der Waals surface area contributed by atoms with Crippen molar-refractivity contribution in [1.82, 2.24) is 4.98 Å². The van der Waals surface area contributed by atoms with Gasteiger partial charge in [0.1, 0.15) is 5.69 Å². The van der Waals surface area contributed by atoms with Crippen molar-refractivity contribution in [1.29, 1.82) is 0 Å². The number of benzene rings is 3. The first-order chi connectivity index (χ1) is 18.2. The number of esters is 1. The molecule has 38 heavy (non-hydrogen) atoms. The summed E-state index contributed by atoms with van der Waals surface area (Å²) in [7, 11) is 1.72. The number of rotatable bonds is 8. The summed E-state index contributed by atoms with van der Waals surface area (Å²) >= 11 is 0. The molecule has 1 heterocycles. The van der Waals surface area contributed by atoms with Gasteiger partial charge in [0.15, 0.2) is 5.75 Å². The van der Waals surface area contributed by atoms with Crippen molar-refractivity contribution in [2.45, 2.75) is 20.8 Å². The third kappa shape index (κ3) is 5.31. The molecule has 8 nitrogen and oxygen atoms in total. The molecule has 0 saturated carbocycles. The van der Waals surface area contributed by atoms with Gasteiger partial charge in [-0.25, -0.2) is 9.79 Å². The summed E-state index contributed by atoms with van der Waals surface area (Å²) < 4.78 is 5.11. The van der Waals surface area contributed by atoms with Gasteiger partial charge in [0, 0.05) is 30.2 Å². The number of carbonyl (C=O) groups is 2. The number of anilines is 1. The Hall–Kier alpha value is -4.43. The summed E-state index contributed by atoms with van der Waals surface area (Å²) in [4.78, 5) is 34.7. The molecule has 0 bridgehead atoms. The van der Waals surface area contributed by atoms with Crippen LogP contribution < -0.4 is 10.6 Å². The highest BCUT2D eigenvalue weighted by molar-refractivity contribution is 6.17. The smallest absolute Gasteiger partial charge is 0.338 e. The summed E-state index contributed by atoms with van der Waals surface area (Å²) in [6.07, 6.45) is 0. The Labute approximate surface area is 221 Å². The van der Waals surface area contributed by atoms with Crippen LogP contribution in [0.3, 0.4) is 0 Å². The van der Waals surface area contributed by atoms with Gasteiger partial charge in [0.2, 0.25) is 5.91 Å². The Morgan fingerprint density at radius 2 is 1.71 bits per heavy atom. The third-order valence-corrected chi connectivity index (χ3v) is 6.44. The topological polar surface area (TPSA) is 121 Å². The summed E-state index contributed by atoms with van der Waals surface area (Å²) in [5.74, 6) is -0.476. The first kappa shape index (κ1) is 26.6. The minimum atomic E-state index is -0.674. The number of aromatic hydroxyl groups is 1. The van der Waals surface area contributed by atoms with Gasteiger partial charge in [-0.3, -0.25) is 4.79 Å². The number of hydrogen-bond donors (Lipinski definition) is 3. The Morgan fingerprint density at radius 3 is 2.34 bits per heavy atom. The summed E-state index contributed by atoms with van der Waals surface area (Å²) in [5.41, 5.74) is 9.18. The van der Waals surface area contributed by atoms with Gasteiger partial charge < -0.3 is 25.5 Å². The van der Waals surface area contributed by atoms with Crippen LogP contribution in [0.2, 0.25) is 0 Å². The fourth-order valence-corrected chi connectivity index (χ4v) is 4.09. The normalized spacial score (nSPS) is 12.0. The average Bonchev–Trinajstić information content (AvgIpc) is 3.27. The van der Waals surface area contributed by atoms with E-state index in [4.69, 9.17) is 15.5 Å². The highest BCUT2D eigenvalue weighted by atomic mass is 16.5. The van der Waals surface area contributed by atoms with Gasteiger partial charge >= 0.3 is 5.97 Å². The summed E-state index contributed by atoms with van der Waals surface area (Å²) in [6.45, 7) is 5.91. The summed E-state index contributed by atoms with van der Waals surface area (Å²) in [5, 5.41) is 11.7. The van der Waals surface area contributed by atoms with Crippen LogP contribution in [0.25, 0.3) is 10.9 Å². The molecule has 0 radical (unpaired) electrons. The average molecular weight is 513 g/mol. The molecule has 0 aliphatic rings. The van der Waals surface area contributed by atoms with Gasteiger partial charge in [-0.1, -0.05) is 30.3 Å². The second kappa shape index (κ2) is 10.9. The fourth-order valence-electron chi connectivity index (χ4n) is 4.09. The first-order valence-electron chi connectivity index (χ1n) is 12.4. The van der Waals surface area contributed by atoms with Crippen molar-refractivity contribution in [3.05, 3.63) is 89.6 Å². The maximum atomic E-state index is 12.8. The summed E-state index contributed by atoms with van der Waals surface area (Å²) in [6, 6.07) is 21.7. The van der Waals surface area contributed by atoms with E-state index in [0.717, 1.165) is 11.3 Å². The van der Waals surface area contributed by atoms with Crippen LogP contribution in [0.1, 0.15) is 42.4 Å². The number of H-pyrrole nitrogens is 1. The molecule has 1 amide bonds. The zero-order valence-electron chi connectivity index (χ0n) is 22.0. The van der Waals surface area contributed by atoms with Crippen LogP contribution >= 0.6 is 0 Å². The lowest BCUT2D eigenvalue weighted by atomic mass is 9.92. The Kier molecular flexibility index (Phi) is 7.64. The minimum absolute atomic E-state index is 0.0315. The Morgan fingerprint density at radius 1 is 1.03 bits per heavy atom. The molecule has 0 spiro atoms. The van der Waals surface area contributed by atoms with E-state index in [1.165, 1.54) is 0 Å². The standard InChI is InChI=1S/C30H32N4O4/c1-5-38-28(36)20-11-16-23-24(17-20)33-26(27(23)35)25(19-9-7-6-8-10-19)32-21-12-14-22(15-13-21)34(4)29(37)30(2,3)18-31/h6-17,33,35H,5,18,31H2,1-4H3. The Balaban J connectivity index is 1.75. The van der Waals surface area contributed by atoms with Crippen LogP contribution in [-0.4, -0.2) is 47.9 Å². The minimum Gasteiger partial charge on any atom is -0.505 e. The molecule has 0 saturated heterocycles. The van der Waals surface area contributed by atoms with Gasteiger partial charge in [0.25, 0.3) is 0 Å². The van der Waals surface area contributed by atoms with Gasteiger partial charge in [0.05, 0.1) is 34.5 Å². The van der Waals surface area contributed by atoms with Crippen LogP contribution in [0.4, 0.5) is 11.4 Å². The number of ether oxygens (including phenoxy) is 1. The van der Waals surface area contributed by atoms with Crippen molar-refractivity contribution in [3.8, 4) is 5.75 Å². The van der Waals surface area contributed by atoms with E-state index in [1.807, 2.05) is 68.4 Å². The molecule has 196 valence electrons. The predicted octanol–water partition coefficient (Wildman–Crippen LogP) is 5.17. The van der Waals surface area contributed by atoms with E-state index < -0.39 is 11.4 Å². The SMILES string of the molecule is CCOC(=O)c1ccc2c(O)c(C(=Nc3ccc(N(C)C(=O)C(C)(C)CN)cc3)c3ccccc3)[nH]c2c1. The molecular formula is C30H32N4O4. The number of carbonyl (C=O) groups excluding carboxylic acids is 2. The van der Waals surface area contributed by atoms with E-state index in [1.54, 1.807) is 37.1 Å². The van der Waals surface area contributed by atoms with Crippen molar-refractivity contribution in [3.63, 3.8) is 0 Å². The quantitative estimate of drug-likeness (QED) is 0.222. The number of amides is 1. The van der Waals surface area contributed by atoms with E-state index in [-0.39, 0.29) is 24.8 Å². The maximum Gasteiger partial charge on any atom is 0.338 e. The maximum absolute atomic E-state index is 12.8. The van der Waals surface area contributed by atoms with Crippen molar-refractivity contribution < 1.29 is 19.4 Å². The molecule has 4 aromatic rings. The lowest BCUT2D eigenvalue weighted by Gasteiger charge is -2.28. The van der Waals surface area contributed by atoms with E-state index in [9.17, 15) is 14.7 Å². The van der Waals surface area contributed by atoms with Crippen LogP contribution in [-0.2, 0) is 9.53 Å². The highest BCUT2D eigenvalue weighted by Crippen LogP contribution is 2.33. The molecule has 4 N–H and O–H groups in total. The van der Waals surface area contributed by atoms with E-state index in [2.05, 4.69) is 4.98 Å². The molecule has 8 heteroatoms. The zero-order valence-corrected chi connectivity index (χ0v) is 22.0. The van der Waals surface area contributed by atoms with Gasteiger partial charge in [-0.15, -0.1) is 0 Å². The van der Waals surface area contributed by atoms with Crippen LogP contribution in [0.5, 0.6) is 5.75 Å². The van der Waals surface area contributed by atoms with E-state index in [0.29, 0.717) is 33.6 Å². The number of nitrogens with one attached hydrogen (secondary N) is 1. The van der Waals surface area contributed by atoms with Crippen molar-refractivity contribution in [2.75, 3.05) is 25.1 Å². The van der Waals surface area contributed by atoms with Gasteiger partial charge in [-0.05, 0) is 63.2 Å². The second-order valence-electron chi connectivity index (χ2n) is 9.62. The van der Waals surface area contributed by atoms with Crippen molar-refractivity contribution >= 4 is 39.9 Å².